The van der Waals surface area contributed by atoms with Gasteiger partial charge in [-0.3, -0.25) is 13.7 Å². The first kappa shape index (κ1) is 18.6. The van der Waals surface area contributed by atoms with Gasteiger partial charge in [0, 0.05) is 6.42 Å². The Hall–Kier alpha value is 1.22. The van der Waals surface area contributed by atoms with Gasteiger partial charge in [-0.2, -0.15) is 0 Å². The summed E-state index contributed by atoms with van der Waals surface area (Å²) in [5.74, 6) is 0. The van der Waals surface area contributed by atoms with Gasteiger partial charge in [0.1, 0.15) is 0 Å². The number of aliphatic hydroxyl groups is 1. The molecule has 8 nitrogen and oxygen atoms in total. The summed E-state index contributed by atoms with van der Waals surface area (Å²) in [6.45, 7) is 0.0675. The molecule has 2 atom stereocenters. The molecule has 0 amide bonds. The average Bonchev–Trinajstić information content (AvgIpc) is 1.97. The van der Waals surface area contributed by atoms with Crippen molar-refractivity contribution >= 4 is 45.4 Å². The summed E-state index contributed by atoms with van der Waals surface area (Å²) >= 11 is 0. The third kappa shape index (κ3) is 6.51. The third-order valence-corrected chi connectivity index (χ3v) is 3.32. The first-order valence-electron chi connectivity index (χ1n) is 3.63. The molecule has 15 heavy (non-hydrogen) atoms. The summed E-state index contributed by atoms with van der Waals surface area (Å²) in [5, 5.41) is 9.27. The normalized spacial score (nSPS) is 17.7. The van der Waals surface area contributed by atoms with E-state index >= 15 is 0 Å². The van der Waals surface area contributed by atoms with Crippen molar-refractivity contribution in [3.05, 3.63) is 0 Å². The van der Waals surface area contributed by atoms with Gasteiger partial charge in [-0.25, -0.2) is 0 Å². The molecule has 0 radical (unpaired) electrons. The van der Waals surface area contributed by atoms with Crippen LogP contribution in [-0.2, 0) is 13.7 Å². The third-order valence-electron chi connectivity index (χ3n) is 1.41. The topological polar surface area (TPSA) is 150 Å². The van der Waals surface area contributed by atoms with Gasteiger partial charge >= 0.3 is 45.4 Å². The van der Waals surface area contributed by atoms with E-state index in [0.29, 0.717) is 0 Å². The van der Waals surface area contributed by atoms with Crippen LogP contribution in [0.2, 0.25) is 0 Å². The molecule has 0 aliphatic rings. The first-order valence-corrected chi connectivity index (χ1v) is 6.50. The van der Waals surface area contributed by atoms with Crippen LogP contribution < -0.4 is 5.73 Å². The van der Waals surface area contributed by atoms with Gasteiger partial charge in [0.25, 0.3) is 5.53 Å². The summed E-state index contributed by atoms with van der Waals surface area (Å²) in [7, 11) is -8.66. The zero-order valence-corrected chi connectivity index (χ0v) is 9.05. The van der Waals surface area contributed by atoms with Crippen LogP contribution in [0.1, 0.15) is 12.8 Å². The molecule has 0 spiro atoms. The van der Waals surface area contributed by atoms with Gasteiger partial charge in [-0.05, 0) is 13.0 Å². The average molecular weight is 273 g/mol. The van der Waals surface area contributed by atoms with Crippen molar-refractivity contribution in [2.24, 2.45) is 5.73 Å². The predicted octanol–water partition coefficient (Wildman–Crippen LogP) is -1.70. The fourth-order valence-corrected chi connectivity index (χ4v) is 2.27. The molecule has 0 aromatic rings. The van der Waals surface area contributed by atoms with Crippen LogP contribution in [0.15, 0.2) is 0 Å². The van der Waals surface area contributed by atoms with Crippen LogP contribution in [0.25, 0.3) is 0 Å². The molecule has 0 saturated carbocycles. The Morgan fingerprint density at radius 3 is 2.20 bits per heavy atom. The molecular weight excluding hydrogens is 259 g/mol. The Bertz CT molecular complexity index is 257. The van der Waals surface area contributed by atoms with Crippen LogP contribution >= 0.6 is 15.9 Å². The molecule has 0 rings (SSSR count). The van der Waals surface area contributed by atoms with Gasteiger partial charge in [0.15, 0.2) is 0 Å². The Balaban J connectivity index is 0. The van der Waals surface area contributed by atoms with Crippen molar-refractivity contribution in [1.29, 1.82) is 0 Å². The second kappa shape index (κ2) is 7.53. The maximum atomic E-state index is 10.7. The minimum absolute atomic E-state index is 0. The van der Waals surface area contributed by atoms with Crippen LogP contribution in [-0.4, -0.2) is 61.4 Å². The standard InChI is InChI=1S/C4H13NO7P2.Na.H/c5-3-1-2-4(6,12-13(7)8)14(9,10)11;;/h6,13H,1-3,5H2,(H,7,8)(H2,9,10,11);;. The minimum atomic E-state index is -5.03. The molecular formula is C4H14NNaO7P2. The summed E-state index contributed by atoms with van der Waals surface area (Å²) in [4.78, 5) is 25.7. The quantitative estimate of drug-likeness (QED) is 0.218. The fraction of sp³-hybridized carbons (Fsp3) is 1.00. The SMILES string of the molecule is NCCCC(O)(O[PH](=O)O)P(=O)(O)O.[NaH]. The van der Waals surface area contributed by atoms with E-state index in [1.54, 1.807) is 0 Å². The van der Waals surface area contributed by atoms with Crippen LogP contribution in [0.5, 0.6) is 0 Å². The van der Waals surface area contributed by atoms with Crippen molar-refractivity contribution in [3.63, 3.8) is 0 Å². The molecule has 0 aliphatic heterocycles. The zero-order valence-electron chi connectivity index (χ0n) is 7.16. The number of hydrogen-bond donors (Lipinski definition) is 5. The molecule has 0 bridgehead atoms. The predicted molar refractivity (Wildman–Crippen MR) is 54.7 cm³/mol. The first-order chi connectivity index (χ1) is 6.23. The van der Waals surface area contributed by atoms with Crippen LogP contribution in [0.4, 0.5) is 0 Å². The van der Waals surface area contributed by atoms with Crippen molar-refractivity contribution in [1.82, 2.24) is 0 Å². The molecule has 0 aromatic heterocycles. The van der Waals surface area contributed by atoms with Crippen molar-refractivity contribution in [2.75, 3.05) is 6.54 Å². The monoisotopic (exact) mass is 273 g/mol. The number of rotatable bonds is 6. The molecule has 88 valence electrons. The van der Waals surface area contributed by atoms with E-state index in [1.165, 1.54) is 0 Å². The van der Waals surface area contributed by atoms with E-state index in [9.17, 15) is 14.2 Å². The Labute approximate surface area is 109 Å². The molecule has 0 saturated heterocycles. The molecule has 0 aliphatic carbocycles. The summed E-state index contributed by atoms with van der Waals surface area (Å²) in [6.07, 6.45) is -0.457. The van der Waals surface area contributed by atoms with E-state index in [2.05, 4.69) is 4.52 Å². The van der Waals surface area contributed by atoms with E-state index in [4.69, 9.17) is 20.4 Å². The number of hydrogen-bond acceptors (Lipinski definition) is 5. The van der Waals surface area contributed by atoms with Gasteiger partial charge in [-0.1, -0.05) is 0 Å². The Kier molecular flexibility index (Phi) is 9.32. The Morgan fingerprint density at radius 1 is 1.47 bits per heavy atom. The molecule has 0 aromatic carbocycles. The number of nitrogens with two attached hydrogens (primary N) is 1. The molecule has 0 heterocycles. The Morgan fingerprint density at radius 2 is 1.93 bits per heavy atom. The zero-order chi connectivity index (χ0) is 11.4. The van der Waals surface area contributed by atoms with E-state index in [1.807, 2.05) is 0 Å². The second-order valence-corrected chi connectivity index (χ2v) is 5.07. The van der Waals surface area contributed by atoms with Gasteiger partial charge in [0.2, 0.25) is 0 Å². The van der Waals surface area contributed by atoms with Crippen molar-refractivity contribution in [2.45, 2.75) is 18.4 Å². The van der Waals surface area contributed by atoms with Gasteiger partial charge in [-0.15, -0.1) is 0 Å². The van der Waals surface area contributed by atoms with E-state index in [0.717, 1.165) is 0 Å². The van der Waals surface area contributed by atoms with E-state index < -0.39 is 27.8 Å². The summed E-state index contributed by atoms with van der Waals surface area (Å²) < 4.78 is 24.9. The van der Waals surface area contributed by atoms with Crippen LogP contribution in [0.3, 0.4) is 0 Å². The van der Waals surface area contributed by atoms with Gasteiger partial charge in [0.05, 0.1) is 0 Å². The second-order valence-electron chi connectivity index (χ2n) is 2.55. The molecule has 2 unspecified atom stereocenters. The molecule has 6 N–H and O–H groups in total. The maximum absolute atomic E-state index is 10.7. The summed E-state index contributed by atoms with van der Waals surface area (Å²) in [5.41, 5.74) is 2.14. The van der Waals surface area contributed by atoms with Crippen molar-refractivity contribution < 1.29 is 33.4 Å². The molecule has 0 fully saturated rings. The molecule has 11 heteroatoms. The van der Waals surface area contributed by atoms with Gasteiger partial charge < -0.3 is 25.5 Å². The van der Waals surface area contributed by atoms with E-state index in [-0.39, 0.29) is 42.5 Å². The summed E-state index contributed by atoms with van der Waals surface area (Å²) in [6, 6.07) is 0. The van der Waals surface area contributed by atoms with Crippen LogP contribution in [0, 0.1) is 0 Å². The van der Waals surface area contributed by atoms with Crippen molar-refractivity contribution in [3.8, 4) is 0 Å². The fourth-order valence-electron chi connectivity index (χ4n) is 0.728.